The maximum Gasteiger partial charge on any atom is 0.254 e. The van der Waals surface area contributed by atoms with Crippen molar-refractivity contribution < 1.29 is 9.18 Å². The summed E-state index contributed by atoms with van der Waals surface area (Å²) in [5, 5.41) is 11.7. The molecule has 1 amide bonds. The minimum atomic E-state index is -0.495. The molecule has 1 N–H and O–H groups in total. The number of nitrogens with zero attached hydrogens (tertiary/aromatic N) is 2. The van der Waals surface area contributed by atoms with Crippen LogP contribution in [0.3, 0.4) is 0 Å². The third-order valence-corrected chi connectivity index (χ3v) is 1.49. The molecule has 1 aromatic carbocycles. The zero-order chi connectivity index (χ0) is 11.1. The Morgan fingerprint density at radius 2 is 2.47 bits per heavy atom. The zero-order valence-electron chi connectivity index (χ0n) is 7.77. The summed E-state index contributed by atoms with van der Waals surface area (Å²) in [7, 11) is 0. The van der Waals surface area contributed by atoms with Gasteiger partial charge in [0, 0.05) is 0 Å². The van der Waals surface area contributed by atoms with Crippen LogP contribution < -0.4 is 5.43 Å². The average Bonchev–Trinajstić information content (AvgIpc) is 2.18. The molecule has 0 aromatic heterocycles. The number of carbonyl (C=O) groups excluding carboxylic acids is 1. The number of hydrogen-bond donors (Lipinski definition) is 1. The van der Waals surface area contributed by atoms with E-state index in [1.54, 1.807) is 12.1 Å². The van der Waals surface area contributed by atoms with E-state index < -0.39 is 5.91 Å². The Labute approximate surface area is 86.0 Å². The number of hydrogen-bond acceptors (Lipinski definition) is 3. The Bertz CT molecular complexity index is 423. The van der Waals surface area contributed by atoms with Gasteiger partial charge in [-0.3, -0.25) is 4.79 Å². The number of amides is 1. The number of halogens is 1. The van der Waals surface area contributed by atoms with Crippen LogP contribution in [0.1, 0.15) is 12.0 Å². The monoisotopic (exact) mass is 205 g/mol. The first-order valence-electron chi connectivity index (χ1n) is 4.17. The highest BCUT2D eigenvalue weighted by atomic mass is 19.1. The maximum atomic E-state index is 12.7. The molecule has 0 aliphatic rings. The first-order valence-corrected chi connectivity index (χ1v) is 4.17. The predicted molar refractivity (Wildman–Crippen MR) is 52.4 cm³/mol. The highest BCUT2D eigenvalue weighted by Gasteiger charge is 1.95. The number of nitriles is 1. The van der Waals surface area contributed by atoms with Crippen molar-refractivity contribution in [2.45, 2.75) is 6.42 Å². The van der Waals surface area contributed by atoms with Crippen LogP contribution in [0.4, 0.5) is 4.39 Å². The van der Waals surface area contributed by atoms with Gasteiger partial charge in [-0.15, -0.1) is 0 Å². The fraction of sp³-hybridized carbons (Fsp3) is 0.100. The van der Waals surface area contributed by atoms with E-state index in [9.17, 15) is 9.18 Å². The van der Waals surface area contributed by atoms with Crippen LogP contribution in [0.25, 0.3) is 0 Å². The van der Waals surface area contributed by atoms with Crippen LogP contribution in [0, 0.1) is 17.1 Å². The molecule has 0 spiro atoms. The molecule has 5 heteroatoms. The molecule has 0 aliphatic carbocycles. The number of nitrogens with one attached hydrogen (secondary N) is 1. The maximum absolute atomic E-state index is 12.7. The number of hydrazone groups is 1. The predicted octanol–water partition coefficient (Wildman–Crippen LogP) is 1.19. The van der Waals surface area contributed by atoms with Crippen molar-refractivity contribution in [3.8, 4) is 6.07 Å². The van der Waals surface area contributed by atoms with Crippen LogP contribution in [-0.4, -0.2) is 12.1 Å². The summed E-state index contributed by atoms with van der Waals surface area (Å²) < 4.78 is 12.7. The normalized spacial score (nSPS) is 9.87. The molecule has 0 atom stereocenters. The second-order valence-electron chi connectivity index (χ2n) is 2.68. The SMILES string of the molecule is N#CCC(=O)N/N=C/c1cccc(F)c1. The van der Waals surface area contributed by atoms with E-state index in [1.807, 2.05) is 0 Å². The van der Waals surface area contributed by atoms with Crippen LogP contribution in [-0.2, 0) is 4.79 Å². The summed E-state index contributed by atoms with van der Waals surface area (Å²) in [5.74, 6) is -0.868. The molecule has 4 nitrogen and oxygen atoms in total. The van der Waals surface area contributed by atoms with Crippen molar-refractivity contribution in [1.82, 2.24) is 5.43 Å². The molecule has 0 heterocycles. The van der Waals surface area contributed by atoms with Crippen molar-refractivity contribution in [2.75, 3.05) is 0 Å². The van der Waals surface area contributed by atoms with Gasteiger partial charge in [-0.05, 0) is 17.7 Å². The lowest BCUT2D eigenvalue weighted by Crippen LogP contribution is -2.16. The summed E-state index contributed by atoms with van der Waals surface area (Å²) in [4.78, 5) is 10.8. The van der Waals surface area contributed by atoms with Crippen LogP contribution in [0.5, 0.6) is 0 Å². The van der Waals surface area contributed by atoms with Gasteiger partial charge in [0.2, 0.25) is 0 Å². The molecule has 15 heavy (non-hydrogen) atoms. The van der Waals surface area contributed by atoms with Gasteiger partial charge in [0.1, 0.15) is 12.2 Å². The quantitative estimate of drug-likeness (QED) is 0.595. The topological polar surface area (TPSA) is 65.2 Å². The van der Waals surface area contributed by atoms with Crippen LogP contribution in [0.2, 0.25) is 0 Å². The number of rotatable bonds is 3. The van der Waals surface area contributed by atoms with Gasteiger partial charge in [-0.2, -0.15) is 10.4 Å². The van der Waals surface area contributed by atoms with Crippen LogP contribution in [0.15, 0.2) is 29.4 Å². The summed E-state index contributed by atoms with van der Waals surface area (Å²) >= 11 is 0. The van der Waals surface area contributed by atoms with E-state index in [1.165, 1.54) is 24.4 Å². The van der Waals surface area contributed by atoms with Gasteiger partial charge in [-0.1, -0.05) is 12.1 Å². The minimum absolute atomic E-state index is 0.250. The van der Waals surface area contributed by atoms with E-state index in [4.69, 9.17) is 5.26 Å². The Morgan fingerprint density at radius 3 is 3.13 bits per heavy atom. The van der Waals surface area contributed by atoms with Gasteiger partial charge in [0.05, 0.1) is 12.3 Å². The van der Waals surface area contributed by atoms with E-state index >= 15 is 0 Å². The lowest BCUT2D eigenvalue weighted by molar-refractivity contribution is -0.120. The van der Waals surface area contributed by atoms with E-state index in [-0.39, 0.29) is 12.2 Å². The second-order valence-corrected chi connectivity index (χ2v) is 2.68. The second kappa shape index (κ2) is 5.50. The first-order chi connectivity index (χ1) is 7.22. The Morgan fingerprint density at radius 1 is 1.67 bits per heavy atom. The van der Waals surface area contributed by atoms with Crippen molar-refractivity contribution in [3.63, 3.8) is 0 Å². The molecule has 1 rings (SSSR count). The Hall–Kier alpha value is -2.22. The Kier molecular flexibility index (Phi) is 3.98. The van der Waals surface area contributed by atoms with Crippen molar-refractivity contribution in [1.29, 1.82) is 5.26 Å². The fourth-order valence-electron chi connectivity index (χ4n) is 0.877. The van der Waals surface area contributed by atoms with Crippen molar-refractivity contribution in [2.24, 2.45) is 5.10 Å². The highest BCUT2D eigenvalue weighted by Crippen LogP contribution is 1.99. The molecule has 0 fully saturated rings. The van der Waals surface area contributed by atoms with E-state index in [0.717, 1.165) is 0 Å². The third kappa shape index (κ3) is 4.00. The lowest BCUT2D eigenvalue weighted by Gasteiger charge is -1.94. The number of benzene rings is 1. The van der Waals surface area contributed by atoms with E-state index in [2.05, 4.69) is 10.5 Å². The molecule has 0 bridgehead atoms. The van der Waals surface area contributed by atoms with Gasteiger partial charge in [0.15, 0.2) is 0 Å². The molecule has 0 radical (unpaired) electrons. The molecular formula is C10H8FN3O. The largest absolute Gasteiger partial charge is 0.272 e. The van der Waals surface area contributed by atoms with Crippen LogP contribution >= 0.6 is 0 Å². The van der Waals surface area contributed by atoms with Gasteiger partial charge in [-0.25, -0.2) is 9.82 Å². The first kappa shape index (κ1) is 10.9. The Balaban J connectivity index is 2.52. The molecule has 0 saturated carbocycles. The fourth-order valence-corrected chi connectivity index (χ4v) is 0.877. The average molecular weight is 205 g/mol. The summed E-state index contributed by atoms with van der Waals surface area (Å²) in [6, 6.07) is 7.45. The van der Waals surface area contributed by atoms with Crippen molar-refractivity contribution in [3.05, 3.63) is 35.6 Å². The van der Waals surface area contributed by atoms with Gasteiger partial charge in [0.25, 0.3) is 5.91 Å². The molecule has 1 aromatic rings. The molecule has 0 aliphatic heterocycles. The van der Waals surface area contributed by atoms with Gasteiger partial charge < -0.3 is 0 Å². The minimum Gasteiger partial charge on any atom is -0.272 e. The molecule has 0 unspecified atom stereocenters. The number of carbonyl (C=O) groups is 1. The molecular weight excluding hydrogens is 197 g/mol. The van der Waals surface area contributed by atoms with Crippen molar-refractivity contribution >= 4 is 12.1 Å². The molecule has 0 saturated heterocycles. The standard InChI is InChI=1S/C10H8FN3O/c11-9-3-1-2-8(6-9)7-13-14-10(15)4-5-12/h1-3,6-7H,4H2,(H,14,15)/b13-7+. The van der Waals surface area contributed by atoms with Gasteiger partial charge >= 0.3 is 0 Å². The summed E-state index contributed by atoms with van der Waals surface area (Å²) in [5.41, 5.74) is 2.67. The highest BCUT2D eigenvalue weighted by molar-refractivity contribution is 5.82. The summed E-state index contributed by atoms with van der Waals surface area (Å²) in [6.45, 7) is 0. The lowest BCUT2D eigenvalue weighted by atomic mass is 10.2. The smallest absolute Gasteiger partial charge is 0.254 e. The third-order valence-electron chi connectivity index (χ3n) is 1.49. The zero-order valence-corrected chi connectivity index (χ0v) is 7.77. The summed E-state index contributed by atoms with van der Waals surface area (Å²) in [6.07, 6.45) is 1.05. The van der Waals surface area contributed by atoms with E-state index in [0.29, 0.717) is 5.56 Å². The molecule has 76 valence electrons.